The zero-order chi connectivity index (χ0) is 20.9. The third-order valence-corrected chi connectivity index (χ3v) is 6.24. The van der Waals surface area contributed by atoms with E-state index in [4.69, 9.17) is 0 Å². The predicted molar refractivity (Wildman–Crippen MR) is 115 cm³/mol. The molecule has 4 rings (SSSR count). The largest absolute Gasteiger partial charge is 0.336 e. The minimum atomic E-state index is -0.320. The van der Waals surface area contributed by atoms with E-state index < -0.39 is 0 Å². The number of benzene rings is 2. The van der Waals surface area contributed by atoms with Crippen LogP contribution in [-0.2, 0) is 4.79 Å². The van der Waals surface area contributed by atoms with Crippen LogP contribution in [-0.4, -0.2) is 53.8 Å². The van der Waals surface area contributed by atoms with Crippen LogP contribution in [0.25, 0.3) is 0 Å². The second-order valence-corrected chi connectivity index (χ2v) is 8.18. The molecule has 2 amide bonds. The van der Waals surface area contributed by atoms with E-state index in [2.05, 4.69) is 10.2 Å². The Labute approximate surface area is 176 Å². The van der Waals surface area contributed by atoms with Crippen LogP contribution in [0.1, 0.15) is 36.0 Å². The summed E-state index contributed by atoms with van der Waals surface area (Å²) in [6.07, 6.45) is 4.39. The molecule has 1 heterocycles. The van der Waals surface area contributed by atoms with E-state index >= 15 is 0 Å². The van der Waals surface area contributed by atoms with Gasteiger partial charge in [0.05, 0.1) is 6.04 Å². The Balaban J connectivity index is 1.42. The molecule has 6 heteroatoms. The van der Waals surface area contributed by atoms with E-state index in [0.717, 1.165) is 25.7 Å². The summed E-state index contributed by atoms with van der Waals surface area (Å²) >= 11 is 0. The molecule has 1 unspecified atom stereocenters. The molecule has 0 radical (unpaired) electrons. The number of hydrogen-bond acceptors (Lipinski definition) is 3. The molecule has 0 spiro atoms. The molecule has 30 heavy (non-hydrogen) atoms. The highest BCUT2D eigenvalue weighted by molar-refractivity contribution is 5.95. The van der Waals surface area contributed by atoms with Crippen LogP contribution >= 0.6 is 0 Å². The van der Waals surface area contributed by atoms with E-state index in [1.54, 1.807) is 12.1 Å². The van der Waals surface area contributed by atoms with E-state index in [1.807, 2.05) is 35.2 Å². The molecule has 2 fully saturated rings. The maximum Gasteiger partial charge on any atom is 0.253 e. The first-order valence-electron chi connectivity index (χ1n) is 10.8. The Hall–Kier alpha value is -2.73. The van der Waals surface area contributed by atoms with Crippen molar-refractivity contribution in [1.29, 1.82) is 0 Å². The van der Waals surface area contributed by atoms with E-state index in [9.17, 15) is 14.0 Å². The van der Waals surface area contributed by atoms with E-state index in [1.165, 1.54) is 12.1 Å². The molecule has 1 saturated carbocycles. The maximum atomic E-state index is 13.2. The first-order valence-corrected chi connectivity index (χ1v) is 10.8. The molecule has 5 nitrogen and oxygen atoms in total. The molecule has 1 atom stereocenters. The van der Waals surface area contributed by atoms with E-state index in [0.29, 0.717) is 43.3 Å². The Kier molecular flexibility index (Phi) is 6.43. The van der Waals surface area contributed by atoms with Crippen molar-refractivity contribution in [1.82, 2.24) is 9.80 Å². The van der Waals surface area contributed by atoms with Gasteiger partial charge in [0.2, 0.25) is 5.91 Å². The van der Waals surface area contributed by atoms with Gasteiger partial charge in [-0.15, -0.1) is 0 Å². The normalized spacial score (nSPS) is 18.9. The van der Waals surface area contributed by atoms with Crippen LogP contribution in [0.3, 0.4) is 0 Å². The van der Waals surface area contributed by atoms with Crippen molar-refractivity contribution in [2.75, 3.05) is 31.5 Å². The van der Waals surface area contributed by atoms with Gasteiger partial charge >= 0.3 is 0 Å². The highest BCUT2D eigenvalue weighted by atomic mass is 19.1. The number of nitrogens with one attached hydrogen (secondary N) is 1. The zero-order valence-electron chi connectivity index (χ0n) is 17.1. The zero-order valence-corrected chi connectivity index (χ0v) is 17.1. The van der Waals surface area contributed by atoms with Crippen molar-refractivity contribution in [2.24, 2.45) is 5.92 Å². The van der Waals surface area contributed by atoms with Crippen molar-refractivity contribution in [3.8, 4) is 0 Å². The number of carbonyl (C=O) groups excluding carboxylic acids is 2. The molecule has 158 valence electrons. The second kappa shape index (κ2) is 9.39. The summed E-state index contributed by atoms with van der Waals surface area (Å²) in [6, 6.07) is 15.0. The Bertz CT molecular complexity index is 858. The molecule has 0 bridgehead atoms. The minimum absolute atomic E-state index is 0.0312. The Morgan fingerprint density at radius 3 is 2.17 bits per heavy atom. The Morgan fingerprint density at radius 1 is 0.900 bits per heavy atom. The van der Waals surface area contributed by atoms with Gasteiger partial charge < -0.3 is 10.2 Å². The summed E-state index contributed by atoms with van der Waals surface area (Å²) in [5.74, 6) is 0.0149. The number of halogens is 1. The lowest BCUT2D eigenvalue weighted by atomic mass is 9.94. The number of hydrogen-bond donors (Lipinski definition) is 1. The quantitative estimate of drug-likeness (QED) is 0.818. The van der Waals surface area contributed by atoms with E-state index in [-0.39, 0.29) is 23.7 Å². The summed E-state index contributed by atoms with van der Waals surface area (Å²) in [6.45, 7) is 2.58. The minimum Gasteiger partial charge on any atom is -0.336 e. The summed E-state index contributed by atoms with van der Waals surface area (Å²) in [4.78, 5) is 30.0. The Morgan fingerprint density at radius 2 is 1.53 bits per heavy atom. The number of rotatable bonds is 5. The fraction of sp³-hybridized carbons (Fsp3) is 0.417. The van der Waals surface area contributed by atoms with Gasteiger partial charge in [0.1, 0.15) is 5.82 Å². The summed E-state index contributed by atoms with van der Waals surface area (Å²) in [5.41, 5.74) is 1.31. The van der Waals surface area contributed by atoms with Gasteiger partial charge in [-0.05, 0) is 55.2 Å². The molecule has 2 aromatic carbocycles. The fourth-order valence-corrected chi connectivity index (χ4v) is 4.67. The van der Waals surface area contributed by atoms with Gasteiger partial charge in [0, 0.05) is 37.4 Å². The summed E-state index contributed by atoms with van der Waals surface area (Å²) in [7, 11) is 0. The number of piperazine rings is 1. The molecule has 1 aliphatic heterocycles. The maximum absolute atomic E-state index is 13.2. The summed E-state index contributed by atoms with van der Waals surface area (Å²) < 4.78 is 13.2. The van der Waals surface area contributed by atoms with Crippen molar-refractivity contribution >= 4 is 17.5 Å². The topological polar surface area (TPSA) is 52.7 Å². The monoisotopic (exact) mass is 409 g/mol. The smallest absolute Gasteiger partial charge is 0.253 e. The molecule has 2 aliphatic rings. The number of carbonyl (C=O) groups is 2. The lowest BCUT2D eigenvalue weighted by Crippen LogP contribution is -2.56. The van der Waals surface area contributed by atoms with Crippen LogP contribution in [0.5, 0.6) is 0 Å². The van der Waals surface area contributed by atoms with Crippen molar-refractivity contribution in [3.63, 3.8) is 0 Å². The molecular formula is C24H28FN3O2. The van der Waals surface area contributed by atoms with Gasteiger partial charge in [-0.1, -0.05) is 31.0 Å². The fourth-order valence-electron chi connectivity index (χ4n) is 4.67. The van der Waals surface area contributed by atoms with Crippen LogP contribution in [0.4, 0.5) is 10.1 Å². The van der Waals surface area contributed by atoms with Gasteiger partial charge in [-0.2, -0.15) is 0 Å². The number of nitrogens with zero attached hydrogens (tertiary/aromatic N) is 2. The van der Waals surface area contributed by atoms with Crippen LogP contribution < -0.4 is 5.32 Å². The predicted octanol–water partition coefficient (Wildman–Crippen LogP) is 3.78. The number of anilines is 1. The third kappa shape index (κ3) is 4.70. The lowest BCUT2D eigenvalue weighted by molar-refractivity contribution is -0.123. The number of amides is 2. The third-order valence-electron chi connectivity index (χ3n) is 6.24. The molecule has 2 aromatic rings. The SMILES string of the molecule is O=C(Nc1ccc(F)cc1)C(C1CCCC1)N1CCN(C(=O)c2ccccc2)CC1. The first kappa shape index (κ1) is 20.5. The second-order valence-electron chi connectivity index (χ2n) is 8.18. The van der Waals surface area contributed by atoms with Crippen LogP contribution in [0.15, 0.2) is 54.6 Å². The molecule has 0 aromatic heterocycles. The lowest BCUT2D eigenvalue weighted by Gasteiger charge is -2.40. The highest BCUT2D eigenvalue weighted by Gasteiger charge is 2.37. The van der Waals surface area contributed by atoms with Gasteiger partial charge in [0.25, 0.3) is 5.91 Å². The van der Waals surface area contributed by atoms with Crippen LogP contribution in [0, 0.1) is 11.7 Å². The average Bonchev–Trinajstić information content (AvgIpc) is 3.30. The van der Waals surface area contributed by atoms with Crippen molar-refractivity contribution in [2.45, 2.75) is 31.7 Å². The standard InChI is InChI=1S/C24H28FN3O2/c25-20-10-12-21(13-11-20)26-23(29)22(18-6-4-5-7-18)27-14-16-28(17-15-27)24(30)19-8-2-1-3-9-19/h1-3,8-13,18,22H,4-7,14-17H2,(H,26,29). The van der Waals surface area contributed by atoms with Gasteiger partial charge in [0.15, 0.2) is 0 Å². The molecule has 1 N–H and O–H groups in total. The average molecular weight is 410 g/mol. The molecular weight excluding hydrogens is 381 g/mol. The van der Waals surface area contributed by atoms with Crippen molar-refractivity contribution < 1.29 is 14.0 Å². The van der Waals surface area contributed by atoms with Gasteiger partial charge in [-0.3, -0.25) is 14.5 Å². The summed E-state index contributed by atoms with van der Waals surface area (Å²) in [5, 5.41) is 2.98. The first-order chi connectivity index (χ1) is 14.6. The van der Waals surface area contributed by atoms with Crippen LogP contribution in [0.2, 0.25) is 0 Å². The molecule has 1 saturated heterocycles. The van der Waals surface area contributed by atoms with Crippen molar-refractivity contribution in [3.05, 3.63) is 66.0 Å². The van der Waals surface area contributed by atoms with Gasteiger partial charge in [-0.25, -0.2) is 4.39 Å². The highest BCUT2D eigenvalue weighted by Crippen LogP contribution is 2.31. The molecule has 1 aliphatic carbocycles.